The van der Waals surface area contributed by atoms with E-state index in [2.05, 4.69) is 31.2 Å². The molecule has 1 atom stereocenters. The van der Waals surface area contributed by atoms with Crippen LogP contribution in [0.25, 0.3) is 0 Å². The van der Waals surface area contributed by atoms with Crippen LogP contribution < -0.4 is 0 Å². The Morgan fingerprint density at radius 3 is 2.60 bits per heavy atom. The third kappa shape index (κ3) is 4.25. The number of allylic oxidation sites excluding steroid dienone is 4. The summed E-state index contributed by atoms with van der Waals surface area (Å²) < 4.78 is 40.3. The van der Waals surface area contributed by atoms with Gasteiger partial charge in [-0.1, -0.05) is 38.2 Å². The van der Waals surface area contributed by atoms with Gasteiger partial charge in [0.25, 0.3) is 0 Å². The molecule has 0 N–H and O–H groups in total. The third-order valence-electron chi connectivity index (χ3n) is 3.52. The Labute approximate surface area is 117 Å². The molecule has 0 aliphatic heterocycles. The van der Waals surface area contributed by atoms with Gasteiger partial charge < -0.3 is 4.74 Å². The van der Waals surface area contributed by atoms with Crippen molar-refractivity contribution in [1.82, 2.24) is 0 Å². The summed E-state index contributed by atoms with van der Waals surface area (Å²) in [4.78, 5) is 10.7. The molecular weight excluding hydrogens is 269 g/mol. The molecule has 1 aliphatic rings. The molecule has 0 saturated heterocycles. The Kier molecular flexibility index (Phi) is 4.84. The van der Waals surface area contributed by atoms with E-state index in [4.69, 9.17) is 0 Å². The first-order valence-electron chi connectivity index (χ1n) is 6.37. The summed E-state index contributed by atoms with van der Waals surface area (Å²) in [6.45, 7) is 9.50. The summed E-state index contributed by atoms with van der Waals surface area (Å²) in [6.07, 6.45) is 2.18. The fourth-order valence-electron chi connectivity index (χ4n) is 2.40. The fourth-order valence-corrected chi connectivity index (χ4v) is 2.40. The lowest BCUT2D eigenvalue weighted by Gasteiger charge is -2.36. The monoisotopic (exact) mass is 288 g/mol. The Hall–Kier alpha value is -1.52. The topological polar surface area (TPSA) is 26.3 Å². The van der Waals surface area contributed by atoms with Crippen LogP contribution in [0.15, 0.2) is 36.1 Å². The molecule has 0 aromatic carbocycles. The van der Waals surface area contributed by atoms with Crippen molar-refractivity contribution in [3.8, 4) is 0 Å². The molecule has 1 aliphatic carbocycles. The van der Waals surface area contributed by atoms with Gasteiger partial charge in [-0.3, -0.25) is 0 Å². The maximum Gasteiger partial charge on any atom is 0.491 e. The first kappa shape index (κ1) is 16.5. The second-order valence-electron chi connectivity index (χ2n) is 5.67. The van der Waals surface area contributed by atoms with Crippen molar-refractivity contribution in [1.29, 1.82) is 0 Å². The maximum atomic E-state index is 12.0. The summed E-state index contributed by atoms with van der Waals surface area (Å²) in [5.74, 6) is -2.46. The van der Waals surface area contributed by atoms with Gasteiger partial charge in [0.2, 0.25) is 0 Å². The normalized spacial score (nSPS) is 22.5. The first-order chi connectivity index (χ1) is 9.04. The lowest BCUT2D eigenvalue weighted by Crippen LogP contribution is -2.26. The second kappa shape index (κ2) is 5.85. The van der Waals surface area contributed by atoms with Crippen LogP contribution in [0.5, 0.6) is 0 Å². The van der Waals surface area contributed by atoms with E-state index < -0.39 is 12.1 Å². The van der Waals surface area contributed by atoms with Crippen LogP contribution >= 0.6 is 0 Å². The number of hydrogen-bond donors (Lipinski definition) is 0. The Bertz CT molecular complexity index is 456. The van der Waals surface area contributed by atoms with Crippen LogP contribution in [-0.4, -0.2) is 12.1 Å². The minimum atomic E-state index is -5.00. The molecule has 0 aromatic rings. The number of alkyl halides is 3. The molecule has 0 fully saturated rings. The second-order valence-corrected chi connectivity index (χ2v) is 5.67. The molecule has 5 heteroatoms. The molecule has 0 bridgehead atoms. The molecular formula is C15H19F3O2. The van der Waals surface area contributed by atoms with Crippen molar-refractivity contribution in [2.45, 2.75) is 39.8 Å². The molecule has 0 radical (unpaired) electrons. The average molecular weight is 288 g/mol. The molecule has 0 amide bonds. The smallest absolute Gasteiger partial charge is 0.421 e. The van der Waals surface area contributed by atoms with Gasteiger partial charge in [0.15, 0.2) is 0 Å². The molecule has 0 spiro atoms. The van der Waals surface area contributed by atoms with Crippen LogP contribution in [-0.2, 0) is 9.53 Å². The number of ether oxygens (including phenoxy) is 1. The highest BCUT2D eigenvalue weighted by atomic mass is 19.4. The Morgan fingerprint density at radius 1 is 1.50 bits per heavy atom. The molecule has 0 aromatic heterocycles. The summed E-state index contributed by atoms with van der Waals surface area (Å²) in [7, 11) is 0. The number of carbonyl (C=O) groups excluding carboxylic acids is 1. The van der Waals surface area contributed by atoms with Crippen molar-refractivity contribution in [2.75, 3.05) is 0 Å². The Morgan fingerprint density at radius 2 is 2.10 bits per heavy atom. The molecule has 112 valence electrons. The molecule has 0 saturated carbocycles. The zero-order valence-corrected chi connectivity index (χ0v) is 11.9. The van der Waals surface area contributed by atoms with Gasteiger partial charge in [0.05, 0.1) is 0 Å². The number of hydrogen-bond acceptors (Lipinski definition) is 2. The first-order valence-corrected chi connectivity index (χ1v) is 6.37. The van der Waals surface area contributed by atoms with E-state index >= 15 is 0 Å². The van der Waals surface area contributed by atoms with Crippen molar-refractivity contribution >= 4 is 5.97 Å². The number of rotatable bonds is 3. The molecule has 1 unspecified atom stereocenters. The molecule has 1 rings (SSSR count). The van der Waals surface area contributed by atoms with Crippen LogP contribution in [0, 0.1) is 11.3 Å². The third-order valence-corrected chi connectivity index (χ3v) is 3.52. The minimum Gasteiger partial charge on any atom is -0.421 e. The number of halogens is 3. The summed E-state index contributed by atoms with van der Waals surface area (Å²) in [6, 6.07) is 0. The van der Waals surface area contributed by atoms with E-state index in [1.807, 2.05) is 6.92 Å². The van der Waals surface area contributed by atoms with Crippen molar-refractivity contribution in [3.63, 3.8) is 0 Å². The SMILES string of the molecule is C=C(C=CC1C(C)=CCCC1(C)C)OC(=O)C(F)(F)F. The van der Waals surface area contributed by atoms with E-state index in [-0.39, 0.29) is 17.1 Å². The highest BCUT2D eigenvalue weighted by Crippen LogP contribution is 2.41. The highest BCUT2D eigenvalue weighted by Gasteiger charge is 2.41. The minimum absolute atomic E-state index is 0.0175. The van der Waals surface area contributed by atoms with Gasteiger partial charge in [-0.25, -0.2) is 4.79 Å². The summed E-state index contributed by atoms with van der Waals surface area (Å²) in [5.41, 5.74) is 1.18. The standard InChI is InChI=1S/C15H19F3O2/c1-10-6-5-9-14(3,4)12(10)8-7-11(2)20-13(19)15(16,17)18/h6-8,12H,2,5,9H2,1,3-4H3. The van der Waals surface area contributed by atoms with E-state index in [0.717, 1.165) is 18.4 Å². The van der Waals surface area contributed by atoms with Crippen LogP contribution in [0.4, 0.5) is 13.2 Å². The van der Waals surface area contributed by atoms with E-state index in [0.29, 0.717) is 0 Å². The van der Waals surface area contributed by atoms with Crippen LogP contribution in [0.3, 0.4) is 0 Å². The van der Waals surface area contributed by atoms with E-state index in [9.17, 15) is 18.0 Å². The summed E-state index contributed by atoms with van der Waals surface area (Å²) in [5, 5.41) is 0. The van der Waals surface area contributed by atoms with Gasteiger partial charge in [0.1, 0.15) is 5.76 Å². The van der Waals surface area contributed by atoms with Crippen molar-refractivity contribution < 1.29 is 22.7 Å². The highest BCUT2D eigenvalue weighted by molar-refractivity contribution is 5.76. The molecule has 2 nitrogen and oxygen atoms in total. The quantitative estimate of drug-likeness (QED) is 0.330. The van der Waals surface area contributed by atoms with Gasteiger partial charge in [0, 0.05) is 5.92 Å². The van der Waals surface area contributed by atoms with E-state index in [1.165, 1.54) is 6.08 Å². The average Bonchev–Trinajstić information content (AvgIpc) is 2.25. The van der Waals surface area contributed by atoms with Gasteiger partial charge >= 0.3 is 12.1 Å². The van der Waals surface area contributed by atoms with Gasteiger partial charge in [-0.15, -0.1) is 0 Å². The molecule has 20 heavy (non-hydrogen) atoms. The number of esters is 1. The predicted molar refractivity (Wildman–Crippen MR) is 70.7 cm³/mol. The van der Waals surface area contributed by atoms with Crippen molar-refractivity contribution in [2.24, 2.45) is 11.3 Å². The van der Waals surface area contributed by atoms with Crippen LogP contribution in [0.2, 0.25) is 0 Å². The summed E-state index contributed by atoms with van der Waals surface area (Å²) >= 11 is 0. The largest absolute Gasteiger partial charge is 0.491 e. The fraction of sp³-hybridized carbons (Fsp3) is 0.533. The van der Waals surface area contributed by atoms with Crippen molar-refractivity contribution in [3.05, 3.63) is 36.1 Å². The zero-order valence-electron chi connectivity index (χ0n) is 11.9. The maximum absolute atomic E-state index is 12.0. The lowest BCUT2D eigenvalue weighted by molar-refractivity contribution is -0.194. The van der Waals surface area contributed by atoms with Crippen LogP contribution in [0.1, 0.15) is 33.6 Å². The van der Waals surface area contributed by atoms with Gasteiger partial charge in [-0.05, 0) is 31.3 Å². The lowest BCUT2D eigenvalue weighted by atomic mass is 9.68. The Balaban J connectivity index is 2.72. The molecule has 0 heterocycles. The predicted octanol–water partition coefficient (Wildman–Crippen LogP) is 4.54. The zero-order chi connectivity index (χ0) is 15.6. The number of carbonyl (C=O) groups is 1. The van der Waals surface area contributed by atoms with E-state index in [1.54, 1.807) is 6.08 Å². The van der Waals surface area contributed by atoms with Gasteiger partial charge in [-0.2, -0.15) is 13.2 Å².